The first-order valence-electron chi connectivity index (χ1n) is 5.94. The zero-order valence-corrected chi connectivity index (χ0v) is 12.9. The fourth-order valence-electron chi connectivity index (χ4n) is 2.35. The Morgan fingerprint density at radius 3 is 2.71 bits per heavy atom. The number of fused-ring (bicyclic) bond motifs is 3. The van der Waals surface area contributed by atoms with Crippen LogP contribution in [0.15, 0.2) is 24.5 Å². The van der Waals surface area contributed by atoms with Crippen LogP contribution >= 0.6 is 22.6 Å². The average Bonchev–Trinajstić information content (AvgIpc) is 2.71. The Balaban J connectivity index is 2.44. The quantitative estimate of drug-likeness (QED) is 0.608. The van der Waals surface area contributed by atoms with E-state index in [9.17, 15) is 13.2 Å². The lowest BCUT2D eigenvalue weighted by Crippen LogP contribution is -2.17. The first-order chi connectivity index (χ1) is 9.90. The van der Waals surface area contributed by atoms with Crippen molar-refractivity contribution < 1.29 is 17.9 Å². The van der Waals surface area contributed by atoms with Gasteiger partial charge in [0, 0.05) is 8.96 Å². The molecular weight excluding hydrogens is 398 g/mol. The van der Waals surface area contributed by atoms with Gasteiger partial charge in [-0.15, -0.1) is 0 Å². The smallest absolute Gasteiger partial charge is 0.406 e. The maximum Gasteiger partial charge on any atom is 0.406 e. The molecule has 8 heteroatoms. The maximum absolute atomic E-state index is 12.9. The molecule has 3 rings (SSSR count). The molecule has 0 aliphatic rings. The van der Waals surface area contributed by atoms with Crippen LogP contribution in [0.5, 0.6) is 5.88 Å². The summed E-state index contributed by atoms with van der Waals surface area (Å²) in [6, 6.07) is 5.22. The van der Waals surface area contributed by atoms with E-state index in [2.05, 4.69) is 32.6 Å². The van der Waals surface area contributed by atoms with Gasteiger partial charge < -0.3 is 9.30 Å². The molecule has 4 nitrogen and oxygen atoms in total. The van der Waals surface area contributed by atoms with Crippen LogP contribution in [-0.4, -0.2) is 27.8 Å². The number of aromatic nitrogens is 3. The van der Waals surface area contributed by atoms with Crippen LogP contribution in [-0.2, 0) is 6.54 Å². The van der Waals surface area contributed by atoms with E-state index in [4.69, 9.17) is 4.74 Å². The van der Waals surface area contributed by atoms with Crippen molar-refractivity contribution in [2.24, 2.45) is 0 Å². The number of hydrogen-bond acceptors (Lipinski definition) is 3. The lowest BCUT2D eigenvalue weighted by molar-refractivity contribution is -0.139. The molecule has 21 heavy (non-hydrogen) atoms. The summed E-state index contributed by atoms with van der Waals surface area (Å²) < 4.78 is 45.8. The molecular formula is C13H9F3IN3O. The van der Waals surface area contributed by atoms with Crippen LogP contribution in [0.1, 0.15) is 0 Å². The van der Waals surface area contributed by atoms with Crippen LogP contribution in [0.4, 0.5) is 13.2 Å². The van der Waals surface area contributed by atoms with Crippen molar-refractivity contribution >= 4 is 44.5 Å². The first-order valence-corrected chi connectivity index (χ1v) is 7.02. The van der Waals surface area contributed by atoms with Gasteiger partial charge in [0.15, 0.2) is 0 Å². The number of methoxy groups -OCH3 is 1. The highest BCUT2D eigenvalue weighted by atomic mass is 127. The number of ether oxygens (including phenoxy) is 1. The summed E-state index contributed by atoms with van der Waals surface area (Å²) in [7, 11) is 1.38. The Morgan fingerprint density at radius 2 is 2.05 bits per heavy atom. The van der Waals surface area contributed by atoms with Gasteiger partial charge in [0.2, 0.25) is 5.88 Å². The fraction of sp³-hybridized carbons (Fsp3) is 0.231. The lowest BCUT2D eigenvalue weighted by atomic mass is 10.2. The van der Waals surface area contributed by atoms with Crippen LogP contribution in [0.2, 0.25) is 0 Å². The van der Waals surface area contributed by atoms with Crippen LogP contribution in [0.25, 0.3) is 21.9 Å². The van der Waals surface area contributed by atoms with E-state index in [1.165, 1.54) is 13.4 Å². The number of rotatable bonds is 2. The first kappa shape index (κ1) is 14.4. The molecule has 1 aromatic carbocycles. The molecule has 0 saturated carbocycles. The predicted octanol–water partition coefficient (Wildman–Crippen LogP) is 3.76. The van der Waals surface area contributed by atoms with Crippen molar-refractivity contribution in [2.75, 3.05) is 7.11 Å². The van der Waals surface area contributed by atoms with Gasteiger partial charge in [0.1, 0.15) is 23.9 Å². The van der Waals surface area contributed by atoms with Gasteiger partial charge in [0.25, 0.3) is 0 Å². The lowest BCUT2D eigenvalue weighted by Gasteiger charge is -2.11. The highest BCUT2D eigenvalue weighted by Crippen LogP contribution is 2.34. The van der Waals surface area contributed by atoms with Crippen molar-refractivity contribution in [3.63, 3.8) is 0 Å². The Kier molecular flexibility index (Phi) is 3.42. The molecule has 0 aliphatic carbocycles. The summed E-state index contributed by atoms with van der Waals surface area (Å²) in [5, 5.41) is 0.654. The molecule has 0 amide bonds. The van der Waals surface area contributed by atoms with Gasteiger partial charge in [-0.2, -0.15) is 18.2 Å². The van der Waals surface area contributed by atoms with E-state index in [0.29, 0.717) is 16.4 Å². The largest absolute Gasteiger partial charge is 0.479 e. The van der Waals surface area contributed by atoms with Gasteiger partial charge >= 0.3 is 6.18 Å². The highest BCUT2D eigenvalue weighted by Gasteiger charge is 2.31. The van der Waals surface area contributed by atoms with E-state index in [1.54, 1.807) is 18.2 Å². The molecule has 0 N–H and O–H groups in total. The van der Waals surface area contributed by atoms with E-state index >= 15 is 0 Å². The summed E-state index contributed by atoms with van der Waals surface area (Å²) in [4.78, 5) is 8.04. The zero-order valence-electron chi connectivity index (χ0n) is 10.8. The third-order valence-electron chi connectivity index (χ3n) is 3.09. The zero-order chi connectivity index (χ0) is 15.2. The molecule has 0 atom stereocenters. The van der Waals surface area contributed by atoms with Crippen molar-refractivity contribution in [2.45, 2.75) is 12.7 Å². The number of hydrogen-bond donors (Lipinski definition) is 0. The molecule has 110 valence electrons. The normalized spacial score (nSPS) is 12.2. The summed E-state index contributed by atoms with van der Waals surface area (Å²) in [5.41, 5.74) is 1.18. The van der Waals surface area contributed by atoms with Gasteiger partial charge in [-0.05, 0) is 40.8 Å². The Bertz CT molecular complexity index is 829. The van der Waals surface area contributed by atoms with Crippen LogP contribution in [0.3, 0.4) is 0 Å². The Morgan fingerprint density at radius 1 is 1.29 bits per heavy atom. The Hall–Kier alpha value is -1.58. The van der Waals surface area contributed by atoms with Crippen molar-refractivity contribution in [1.29, 1.82) is 0 Å². The van der Waals surface area contributed by atoms with E-state index in [1.807, 2.05) is 0 Å². The third-order valence-corrected chi connectivity index (χ3v) is 3.76. The number of benzene rings is 1. The highest BCUT2D eigenvalue weighted by molar-refractivity contribution is 14.1. The topological polar surface area (TPSA) is 39.9 Å². The van der Waals surface area contributed by atoms with Crippen LogP contribution in [0, 0.1) is 3.57 Å². The van der Waals surface area contributed by atoms with Gasteiger partial charge in [0.05, 0.1) is 12.6 Å². The second-order valence-electron chi connectivity index (χ2n) is 4.44. The van der Waals surface area contributed by atoms with Gasteiger partial charge in [-0.25, -0.2) is 4.98 Å². The Labute approximate surface area is 131 Å². The average molecular weight is 407 g/mol. The summed E-state index contributed by atoms with van der Waals surface area (Å²) in [6.45, 7) is -1.11. The minimum atomic E-state index is -4.34. The second-order valence-corrected chi connectivity index (χ2v) is 5.69. The summed E-state index contributed by atoms with van der Waals surface area (Å²) in [5.74, 6) is 0.135. The standard InChI is InChI=1S/C13H9F3IN3O/c1-21-12-11-10(18-6-19-12)8-4-7(17)2-3-9(8)20(11)5-13(14,15)16/h2-4,6H,5H2,1H3. The maximum atomic E-state index is 12.9. The van der Waals surface area contributed by atoms with Crippen LogP contribution < -0.4 is 4.74 Å². The molecule has 2 aromatic heterocycles. The second kappa shape index (κ2) is 5.00. The third kappa shape index (κ3) is 2.52. The van der Waals surface area contributed by atoms with E-state index in [0.717, 1.165) is 8.14 Å². The molecule has 0 fully saturated rings. The molecule has 2 heterocycles. The number of alkyl halides is 3. The molecule has 0 unspecified atom stereocenters. The number of nitrogens with zero attached hydrogens (tertiary/aromatic N) is 3. The monoisotopic (exact) mass is 407 g/mol. The van der Waals surface area contributed by atoms with Crippen molar-refractivity contribution in [3.8, 4) is 5.88 Å². The SMILES string of the molecule is COc1ncnc2c3cc(I)ccc3n(CC(F)(F)F)c12. The van der Waals surface area contributed by atoms with Gasteiger partial charge in [-0.3, -0.25) is 0 Å². The van der Waals surface area contributed by atoms with Gasteiger partial charge in [-0.1, -0.05) is 0 Å². The fourth-order valence-corrected chi connectivity index (χ4v) is 2.84. The molecule has 0 bridgehead atoms. The molecule has 3 aromatic rings. The molecule has 0 radical (unpaired) electrons. The van der Waals surface area contributed by atoms with E-state index in [-0.39, 0.29) is 11.4 Å². The predicted molar refractivity (Wildman–Crippen MR) is 80.4 cm³/mol. The van der Waals surface area contributed by atoms with Crippen molar-refractivity contribution in [1.82, 2.24) is 14.5 Å². The minimum absolute atomic E-state index is 0.135. The number of halogens is 4. The van der Waals surface area contributed by atoms with Crippen molar-refractivity contribution in [3.05, 3.63) is 28.1 Å². The summed E-state index contributed by atoms with van der Waals surface area (Å²) >= 11 is 2.11. The molecule has 0 spiro atoms. The molecule has 0 saturated heterocycles. The van der Waals surface area contributed by atoms with E-state index < -0.39 is 12.7 Å². The molecule has 0 aliphatic heterocycles. The summed E-state index contributed by atoms with van der Waals surface area (Å²) in [6.07, 6.45) is -3.05. The minimum Gasteiger partial charge on any atom is -0.479 e.